The van der Waals surface area contributed by atoms with Gasteiger partial charge in [-0.2, -0.15) is 11.8 Å². The summed E-state index contributed by atoms with van der Waals surface area (Å²) in [6.07, 6.45) is -0.381. The van der Waals surface area contributed by atoms with Gasteiger partial charge in [-0.15, -0.1) is 0 Å². The lowest BCUT2D eigenvalue weighted by Gasteiger charge is -2.27. The molecule has 0 aromatic heterocycles. The van der Waals surface area contributed by atoms with E-state index in [0.717, 1.165) is 0 Å². The van der Waals surface area contributed by atoms with Gasteiger partial charge < -0.3 is 15.2 Å². The first kappa shape index (κ1) is 14.7. The molecule has 15 heavy (non-hydrogen) atoms. The van der Waals surface area contributed by atoms with Crippen molar-refractivity contribution in [2.24, 2.45) is 0 Å². The Morgan fingerprint density at radius 2 is 2.13 bits per heavy atom. The first-order valence-corrected chi connectivity index (χ1v) is 5.99. The topological polar surface area (TPSA) is 58.6 Å². The maximum atomic E-state index is 11.5. The highest BCUT2D eigenvalue weighted by molar-refractivity contribution is 8.00. The minimum absolute atomic E-state index is 0.0994. The van der Waals surface area contributed by atoms with Crippen molar-refractivity contribution >= 4 is 17.7 Å². The average molecular weight is 235 g/mol. The van der Waals surface area contributed by atoms with Crippen molar-refractivity contribution in [1.82, 2.24) is 5.32 Å². The second-order valence-corrected chi connectivity index (χ2v) is 5.20. The van der Waals surface area contributed by atoms with Crippen molar-refractivity contribution in [2.45, 2.75) is 37.7 Å². The summed E-state index contributed by atoms with van der Waals surface area (Å²) < 4.78 is 4.72. The lowest BCUT2D eigenvalue weighted by Crippen LogP contribution is -2.51. The standard InChI is InChI=1S/C10H21NO3S/c1-7(12)8(2)15-6-10(3,11-4)9(13)14-5/h7-8,11-12H,6H2,1-5H3. The molecule has 0 heterocycles. The molecular formula is C10H21NO3S. The normalized spacial score (nSPS) is 19.1. The molecule has 0 spiro atoms. The van der Waals surface area contributed by atoms with E-state index in [1.165, 1.54) is 7.11 Å². The fraction of sp³-hybridized carbons (Fsp3) is 0.900. The second kappa shape index (κ2) is 6.35. The van der Waals surface area contributed by atoms with Crippen LogP contribution < -0.4 is 5.32 Å². The molecule has 5 heteroatoms. The van der Waals surface area contributed by atoms with Crippen molar-refractivity contribution in [3.63, 3.8) is 0 Å². The third-order valence-corrected chi connectivity index (χ3v) is 4.17. The van der Waals surface area contributed by atoms with Gasteiger partial charge in [0.15, 0.2) is 0 Å². The number of hydrogen-bond acceptors (Lipinski definition) is 5. The average Bonchev–Trinajstić information content (AvgIpc) is 2.23. The Hall–Kier alpha value is -0.260. The zero-order chi connectivity index (χ0) is 12.1. The van der Waals surface area contributed by atoms with Crippen LogP contribution in [0.5, 0.6) is 0 Å². The predicted molar refractivity (Wildman–Crippen MR) is 63.1 cm³/mol. The van der Waals surface area contributed by atoms with Gasteiger partial charge in [-0.25, -0.2) is 0 Å². The van der Waals surface area contributed by atoms with Crippen molar-refractivity contribution < 1.29 is 14.6 Å². The number of carbonyl (C=O) groups excluding carboxylic acids is 1. The van der Waals surface area contributed by atoms with Crippen molar-refractivity contribution in [2.75, 3.05) is 19.9 Å². The van der Waals surface area contributed by atoms with E-state index in [0.29, 0.717) is 5.75 Å². The number of nitrogens with one attached hydrogen (secondary N) is 1. The number of hydrogen-bond donors (Lipinski definition) is 2. The van der Waals surface area contributed by atoms with Gasteiger partial charge in [-0.05, 0) is 20.9 Å². The summed E-state index contributed by atoms with van der Waals surface area (Å²) in [5.41, 5.74) is -0.692. The molecule has 90 valence electrons. The van der Waals surface area contributed by atoms with E-state index in [9.17, 15) is 9.90 Å². The number of aliphatic hydroxyl groups excluding tert-OH is 1. The summed E-state index contributed by atoms with van der Waals surface area (Å²) in [6, 6.07) is 0. The van der Waals surface area contributed by atoms with E-state index in [1.807, 2.05) is 6.92 Å². The minimum Gasteiger partial charge on any atom is -0.468 e. The summed E-state index contributed by atoms with van der Waals surface area (Å²) in [5.74, 6) is 0.290. The van der Waals surface area contributed by atoms with Gasteiger partial charge in [-0.1, -0.05) is 6.92 Å². The fourth-order valence-corrected chi connectivity index (χ4v) is 2.03. The van der Waals surface area contributed by atoms with Crippen LogP contribution in [0.4, 0.5) is 0 Å². The molecule has 0 amide bonds. The van der Waals surface area contributed by atoms with Crippen LogP contribution in [0.2, 0.25) is 0 Å². The second-order valence-electron chi connectivity index (χ2n) is 3.83. The van der Waals surface area contributed by atoms with Gasteiger partial charge in [0.1, 0.15) is 5.54 Å². The third-order valence-electron chi connectivity index (χ3n) is 2.50. The molecule has 0 aromatic rings. The lowest BCUT2D eigenvalue weighted by atomic mass is 10.1. The van der Waals surface area contributed by atoms with E-state index in [4.69, 9.17) is 4.74 Å². The Kier molecular flexibility index (Phi) is 6.24. The summed E-state index contributed by atoms with van der Waals surface area (Å²) in [4.78, 5) is 11.5. The largest absolute Gasteiger partial charge is 0.468 e. The lowest BCUT2D eigenvalue weighted by molar-refractivity contribution is -0.146. The van der Waals surface area contributed by atoms with Gasteiger partial charge in [0, 0.05) is 11.0 Å². The van der Waals surface area contributed by atoms with Gasteiger partial charge in [0.2, 0.25) is 0 Å². The molecule has 0 aliphatic rings. The highest BCUT2D eigenvalue weighted by atomic mass is 32.2. The summed E-state index contributed by atoms with van der Waals surface area (Å²) in [6.45, 7) is 5.47. The Morgan fingerprint density at radius 3 is 2.47 bits per heavy atom. The van der Waals surface area contributed by atoms with Crippen LogP contribution in [0, 0.1) is 0 Å². The molecule has 3 unspecified atom stereocenters. The number of thioether (sulfide) groups is 1. The van der Waals surface area contributed by atoms with Gasteiger partial charge >= 0.3 is 5.97 Å². The van der Waals surface area contributed by atoms with Gasteiger partial charge in [0.25, 0.3) is 0 Å². The van der Waals surface area contributed by atoms with Crippen molar-refractivity contribution in [3.05, 3.63) is 0 Å². The molecule has 0 radical (unpaired) electrons. The quantitative estimate of drug-likeness (QED) is 0.662. The molecule has 3 atom stereocenters. The highest BCUT2D eigenvalue weighted by Crippen LogP contribution is 2.21. The highest BCUT2D eigenvalue weighted by Gasteiger charge is 2.33. The molecule has 0 bridgehead atoms. The van der Waals surface area contributed by atoms with Crippen molar-refractivity contribution in [3.8, 4) is 0 Å². The number of ether oxygens (including phenoxy) is 1. The summed E-state index contributed by atoms with van der Waals surface area (Å²) in [5, 5.41) is 12.4. The van der Waals surface area contributed by atoms with Crippen LogP contribution >= 0.6 is 11.8 Å². The molecule has 4 nitrogen and oxygen atoms in total. The fourth-order valence-electron chi connectivity index (χ4n) is 0.896. The number of rotatable bonds is 6. The maximum absolute atomic E-state index is 11.5. The molecule has 0 aliphatic heterocycles. The number of aliphatic hydroxyl groups is 1. The van der Waals surface area contributed by atoms with Crippen LogP contribution in [0.25, 0.3) is 0 Å². The molecule has 0 aliphatic carbocycles. The van der Waals surface area contributed by atoms with E-state index in [2.05, 4.69) is 5.32 Å². The van der Waals surface area contributed by atoms with Gasteiger partial charge in [-0.3, -0.25) is 4.79 Å². The Morgan fingerprint density at radius 1 is 1.60 bits per heavy atom. The molecule has 0 aromatic carbocycles. The monoisotopic (exact) mass is 235 g/mol. The third kappa shape index (κ3) is 4.40. The first-order chi connectivity index (χ1) is 6.87. The molecule has 0 saturated heterocycles. The Balaban J connectivity index is 4.27. The molecular weight excluding hydrogens is 214 g/mol. The predicted octanol–water partition coefficient (Wildman–Crippen LogP) is 0.640. The number of esters is 1. The SMILES string of the molecule is CNC(C)(CSC(C)C(C)O)C(=O)OC. The molecule has 0 saturated carbocycles. The van der Waals surface area contributed by atoms with Crippen molar-refractivity contribution in [1.29, 1.82) is 0 Å². The Bertz CT molecular complexity index is 211. The van der Waals surface area contributed by atoms with Gasteiger partial charge in [0.05, 0.1) is 13.2 Å². The smallest absolute Gasteiger partial charge is 0.326 e. The maximum Gasteiger partial charge on any atom is 0.326 e. The van der Waals surface area contributed by atoms with Crippen LogP contribution in [0.1, 0.15) is 20.8 Å². The van der Waals surface area contributed by atoms with E-state index in [1.54, 1.807) is 32.7 Å². The number of likely N-dealkylation sites (N-methyl/N-ethyl adjacent to an activating group) is 1. The minimum atomic E-state index is -0.692. The van der Waals surface area contributed by atoms with E-state index < -0.39 is 5.54 Å². The van der Waals surface area contributed by atoms with Crippen LogP contribution in [-0.4, -0.2) is 47.9 Å². The number of methoxy groups -OCH3 is 1. The molecule has 2 N–H and O–H groups in total. The van der Waals surface area contributed by atoms with E-state index in [-0.39, 0.29) is 17.3 Å². The first-order valence-electron chi connectivity index (χ1n) is 4.94. The molecule has 0 fully saturated rings. The summed E-state index contributed by atoms with van der Waals surface area (Å²) in [7, 11) is 3.10. The van der Waals surface area contributed by atoms with Crippen LogP contribution in [0.3, 0.4) is 0 Å². The zero-order valence-electron chi connectivity index (χ0n) is 10.0. The summed E-state index contributed by atoms with van der Waals surface area (Å²) >= 11 is 1.55. The Labute approximate surface area is 95.8 Å². The van der Waals surface area contributed by atoms with Crippen LogP contribution in [-0.2, 0) is 9.53 Å². The zero-order valence-corrected chi connectivity index (χ0v) is 10.9. The van der Waals surface area contributed by atoms with E-state index >= 15 is 0 Å². The van der Waals surface area contributed by atoms with Crippen LogP contribution in [0.15, 0.2) is 0 Å². The number of carbonyl (C=O) groups is 1. The molecule has 0 rings (SSSR count).